The SMILES string of the molecule is CC(OC(=O)c1ccccc1Sc1ccccc1C#N)C(=O)c1ccccc1. The highest BCUT2D eigenvalue weighted by atomic mass is 32.2. The molecule has 0 saturated carbocycles. The molecule has 28 heavy (non-hydrogen) atoms. The number of carbonyl (C=O) groups is 2. The number of esters is 1. The summed E-state index contributed by atoms with van der Waals surface area (Å²) in [6.07, 6.45) is -0.903. The molecule has 138 valence electrons. The van der Waals surface area contributed by atoms with Gasteiger partial charge in [0, 0.05) is 15.4 Å². The Morgan fingerprint density at radius 1 is 0.893 bits per heavy atom. The summed E-state index contributed by atoms with van der Waals surface area (Å²) in [5.41, 5.74) is 1.38. The second-order valence-corrected chi connectivity index (χ2v) is 7.07. The van der Waals surface area contributed by atoms with E-state index >= 15 is 0 Å². The lowest BCUT2D eigenvalue weighted by Gasteiger charge is -2.14. The van der Waals surface area contributed by atoms with Gasteiger partial charge in [-0.2, -0.15) is 5.26 Å². The minimum atomic E-state index is -0.903. The van der Waals surface area contributed by atoms with E-state index in [1.54, 1.807) is 61.5 Å². The molecule has 3 aromatic carbocycles. The lowest BCUT2D eigenvalue weighted by atomic mass is 10.1. The van der Waals surface area contributed by atoms with Crippen LogP contribution in [0.25, 0.3) is 0 Å². The molecule has 1 unspecified atom stereocenters. The van der Waals surface area contributed by atoms with Crippen LogP contribution in [0.4, 0.5) is 0 Å². The first-order chi connectivity index (χ1) is 13.6. The van der Waals surface area contributed by atoms with Crippen molar-refractivity contribution in [3.05, 3.63) is 95.6 Å². The molecule has 0 amide bonds. The van der Waals surface area contributed by atoms with Crippen LogP contribution in [0, 0.1) is 11.3 Å². The zero-order valence-corrected chi connectivity index (χ0v) is 16.0. The fraction of sp³-hybridized carbons (Fsp3) is 0.0870. The Labute approximate surface area is 167 Å². The van der Waals surface area contributed by atoms with Crippen LogP contribution in [-0.4, -0.2) is 17.9 Å². The number of nitrogens with zero attached hydrogens (tertiary/aromatic N) is 1. The number of carbonyl (C=O) groups excluding carboxylic acids is 2. The van der Waals surface area contributed by atoms with Crippen molar-refractivity contribution >= 4 is 23.5 Å². The van der Waals surface area contributed by atoms with E-state index in [0.717, 1.165) is 4.90 Å². The average Bonchev–Trinajstić information content (AvgIpc) is 2.74. The van der Waals surface area contributed by atoms with Gasteiger partial charge in [-0.1, -0.05) is 66.4 Å². The minimum absolute atomic E-state index is 0.256. The van der Waals surface area contributed by atoms with Crippen LogP contribution in [-0.2, 0) is 4.74 Å². The molecular formula is C23H17NO3S. The number of ketones is 1. The molecule has 0 aromatic heterocycles. The van der Waals surface area contributed by atoms with Gasteiger partial charge in [-0.3, -0.25) is 4.79 Å². The third-order valence-electron chi connectivity index (χ3n) is 4.05. The van der Waals surface area contributed by atoms with E-state index in [9.17, 15) is 14.9 Å². The first-order valence-electron chi connectivity index (χ1n) is 8.66. The van der Waals surface area contributed by atoms with Gasteiger partial charge in [0.1, 0.15) is 6.07 Å². The van der Waals surface area contributed by atoms with Gasteiger partial charge >= 0.3 is 5.97 Å². The Morgan fingerprint density at radius 2 is 1.50 bits per heavy atom. The van der Waals surface area contributed by atoms with Gasteiger partial charge < -0.3 is 4.74 Å². The molecule has 0 fully saturated rings. The number of rotatable bonds is 6. The van der Waals surface area contributed by atoms with Crippen molar-refractivity contribution in [3.8, 4) is 6.07 Å². The van der Waals surface area contributed by atoms with Gasteiger partial charge in [0.05, 0.1) is 11.1 Å². The largest absolute Gasteiger partial charge is 0.451 e. The molecule has 0 aliphatic rings. The van der Waals surface area contributed by atoms with Gasteiger partial charge in [0.15, 0.2) is 6.10 Å². The first kappa shape index (κ1) is 19.4. The molecule has 0 aliphatic heterocycles. The number of Topliss-reactive ketones (excluding diaryl/α,β-unsaturated/α-hetero) is 1. The molecule has 1 atom stereocenters. The van der Waals surface area contributed by atoms with Crippen LogP contribution in [0.1, 0.15) is 33.2 Å². The number of ether oxygens (including phenoxy) is 1. The lowest BCUT2D eigenvalue weighted by Crippen LogP contribution is -2.24. The minimum Gasteiger partial charge on any atom is -0.451 e. The van der Waals surface area contributed by atoms with E-state index in [4.69, 9.17) is 4.74 Å². The van der Waals surface area contributed by atoms with Crippen LogP contribution in [0.2, 0.25) is 0 Å². The Kier molecular flexibility index (Phi) is 6.25. The molecular weight excluding hydrogens is 370 g/mol. The number of nitriles is 1. The standard InChI is InChI=1S/C23H17NO3S/c1-16(22(25)17-9-3-2-4-10-17)27-23(26)19-12-6-8-14-21(19)28-20-13-7-5-11-18(20)15-24/h2-14,16H,1H3. The highest BCUT2D eigenvalue weighted by Gasteiger charge is 2.22. The monoisotopic (exact) mass is 387 g/mol. The summed E-state index contributed by atoms with van der Waals surface area (Å²) in [5, 5.41) is 9.27. The summed E-state index contributed by atoms with van der Waals surface area (Å²) < 4.78 is 5.42. The van der Waals surface area contributed by atoms with Crippen molar-refractivity contribution in [3.63, 3.8) is 0 Å². The third-order valence-corrected chi connectivity index (χ3v) is 5.20. The molecule has 4 nitrogen and oxygen atoms in total. The third kappa shape index (κ3) is 4.48. The average molecular weight is 387 g/mol. The second kappa shape index (κ2) is 9.03. The van der Waals surface area contributed by atoms with E-state index in [0.29, 0.717) is 21.6 Å². The van der Waals surface area contributed by atoms with Gasteiger partial charge in [0.2, 0.25) is 5.78 Å². The molecule has 0 N–H and O–H groups in total. The number of hydrogen-bond acceptors (Lipinski definition) is 5. The van der Waals surface area contributed by atoms with Crippen LogP contribution >= 0.6 is 11.8 Å². The first-order valence-corrected chi connectivity index (χ1v) is 9.48. The van der Waals surface area contributed by atoms with E-state index in [-0.39, 0.29) is 5.78 Å². The fourth-order valence-electron chi connectivity index (χ4n) is 2.61. The number of hydrogen-bond donors (Lipinski definition) is 0. The summed E-state index contributed by atoms with van der Waals surface area (Å²) >= 11 is 1.32. The van der Waals surface area contributed by atoms with E-state index in [1.807, 2.05) is 24.3 Å². The Balaban J connectivity index is 1.79. The summed E-state index contributed by atoms with van der Waals surface area (Å²) in [5.74, 6) is -0.830. The lowest BCUT2D eigenvalue weighted by molar-refractivity contribution is 0.0315. The van der Waals surface area contributed by atoms with Gasteiger partial charge in [0.25, 0.3) is 0 Å². The van der Waals surface area contributed by atoms with Crippen LogP contribution in [0.3, 0.4) is 0 Å². The van der Waals surface area contributed by atoms with Crippen LogP contribution < -0.4 is 0 Å². The maximum absolute atomic E-state index is 12.7. The molecule has 3 aromatic rings. The maximum Gasteiger partial charge on any atom is 0.340 e. The van der Waals surface area contributed by atoms with Gasteiger partial charge in [-0.15, -0.1) is 0 Å². The Bertz CT molecular complexity index is 1040. The number of benzene rings is 3. The van der Waals surface area contributed by atoms with Crippen molar-refractivity contribution in [2.45, 2.75) is 22.8 Å². The molecule has 0 aliphatic carbocycles. The Hall–Kier alpha value is -3.36. The van der Waals surface area contributed by atoms with Crippen molar-refractivity contribution < 1.29 is 14.3 Å². The highest BCUT2D eigenvalue weighted by molar-refractivity contribution is 7.99. The predicted molar refractivity (Wildman–Crippen MR) is 107 cm³/mol. The van der Waals surface area contributed by atoms with E-state index in [2.05, 4.69) is 6.07 Å². The van der Waals surface area contributed by atoms with Crippen molar-refractivity contribution in [2.75, 3.05) is 0 Å². The summed E-state index contributed by atoms with van der Waals surface area (Å²) in [6, 6.07) is 25.0. The molecule has 0 bridgehead atoms. The summed E-state index contributed by atoms with van der Waals surface area (Å²) in [4.78, 5) is 26.6. The molecule has 5 heteroatoms. The molecule has 0 heterocycles. The molecule has 0 saturated heterocycles. The molecule has 0 spiro atoms. The normalized spacial score (nSPS) is 11.3. The van der Waals surface area contributed by atoms with Gasteiger partial charge in [-0.05, 0) is 31.2 Å². The van der Waals surface area contributed by atoms with E-state index < -0.39 is 12.1 Å². The second-order valence-electron chi connectivity index (χ2n) is 5.98. The fourth-order valence-corrected chi connectivity index (χ4v) is 3.62. The molecule has 3 rings (SSSR count). The van der Waals surface area contributed by atoms with Crippen LogP contribution in [0.15, 0.2) is 88.7 Å². The predicted octanol–water partition coefficient (Wildman–Crippen LogP) is 5.14. The van der Waals surface area contributed by atoms with Crippen molar-refractivity contribution in [1.29, 1.82) is 5.26 Å². The van der Waals surface area contributed by atoms with Gasteiger partial charge in [-0.25, -0.2) is 4.79 Å². The topological polar surface area (TPSA) is 67.2 Å². The van der Waals surface area contributed by atoms with Crippen LogP contribution in [0.5, 0.6) is 0 Å². The molecule has 0 radical (unpaired) electrons. The van der Waals surface area contributed by atoms with E-state index in [1.165, 1.54) is 11.8 Å². The smallest absolute Gasteiger partial charge is 0.340 e. The highest BCUT2D eigenvalue weighted by Crippen LogP contribution is 2.33. The summed E-state index contributed by atoms with van der Waals surface area (Å²) in [6.45, 7) is 1.56. The quantitative estimate of drug-likeness (QED) is 0.433. The zero-order chi connectivity index (χ0) is 19.9. The Morgan fingerprint density at radius 3 is 2.21 bits per heavy atom. The van der Waals surface area contributed by atoms with Crippen molar-refractivity contribution in [1.82, 2.24) is 0 Å². The maximum atomic E-state index is 12.7. The van der Waals surface area contributed by atoms with Crippen molar-refractivity contribution in [2.24, 2.45) is 0 Å². The zero-order valence-electron chi connectivity index (χ0n) is 15.2. The summed E-state index contributed by atoms with van der Waals surface area (Å²) in [7, 11) is 0.